The number of aliphatic hydroxyl groups is 1. The van der Waals surface area contributed by atoms with E-state index in [4.69, 9.17) is 5.11 Å². The van der Waals surface area contributed by atoms with Crippen molar-refractivity contribution in [3.63, 3.8) is 0 Å². The zero-order valence-electron chi connectivity index (χ0n) is 12.5. The van der Waals surface area contributed by atoms with Crippen molar-refractivity contribution in [2.45, 2.75) is 25.4 Å². The van der Waals surface area contributed by atoms with Crippen LogP contribution < -0.4 is 5.32 Å². The number of aliphatic hydroxyl groups excluding tert-OH is 1. The zero-order valence-corrected chi connectivity index (χ0v) is 13.3. The molecular formula is C16H24N2O2S. The lowest BCUT2D eigenvalue weighted by atomic mass is 10.1. The quantitative estimate of drug-likeness (QED) is 0.839. The Morgan fingerprint density at radius 1 is 1.48 bits per heavy atom. The number of thioether (sulfide) groups is 1. The molecule has 1 aliphatic heterocycles. The maximum absolute atomic E-state index is 12.2. The van der Waals surface area contributed by atoms with Gasteiger partial charge in [-0.25, -0.2) is 0 Å². The van der Waals surface area contributed by atoms with Crippen LogP contribution in [0.5, 0.6) is 0 Å². The standard InChI is InChI=1S/C16H24N2O2S/c1-13(14-5-3-2-4-6-14)17-16(20)11-18-8-10-21-12-15(18)7-9-19/h2-6,13,15,19H,7-12H2,1H3,(H,17,20)/t13-,15-/m0/s1. The molecule has 0 aliphatic carbocycles. The number of hydrogen-bond donors (Lipinski definition) is 2. The van der Waals surface area contributed by atoms with E-state index < -0.39 is 0 Å². The molecule has 5 heteroatoms. The van der Waals surface area contributed by atoms with Gasteiger partial charge in [-0.3, -0.25) is 9.69 Å². The lowest BCUT2D eigenvalue weighted by Gasteiger charge is -2.34. The van der Waals surface area contributed by atoms with Crippen molar-refractivity contribution in [2.24, 2.45) is 0 Å². The van der Waals surface area contributed by atoms with E-state index in [1.54, 1.807) is 0 Å². The molecule has 1 heterocycles. The van der Waals surface area contributed by atoms with Crippen molar-refractivity contribution >= 4 is 17.7 Å². The van der Waals surface area contributed by atoms with Gasteiger partial charge in [0.15, 0.2) is 0 Å². The van der Waals surface area contributed by atoms with Crippen LogP contribution in [0.2, 0.25) is 0 Å². The van der Waals surface area contributed by atoms with Crippen LogP contribution in [0.1, 0.15) is 24.9 Å². The van der Waals surface area contributed by atoms with Gasteiger partial charge >= 0.3 is 0 Å². The molecule has 1 aromatic rings. The van der Waals surface area contributed by atoms with Crippen LogP contribution in [0.3, 0.4) is 0 Å². The number of carbonyl (C=O) groups excluding carboxylic acids is 1. The highest BCUT2D eigenvalue weighted by molar-refractivity contribution is 7.99. The molecule has 0 spiro atoms. The monoisotopic (exact) mass is 308 g/mol. The lowest BCUT2D eigenvalue weighted by molar-refractivity contribution is -0.123. The van der Waals surface area contributed by atoms with E-state index in [9.17, 15) is 4.79 Å². The first-order valence-electron chi connectivity index (χ1n) is 7.47. The summed E-state index contributed by atoms with van der Waals surface area (Å²) in [6.45, 7) is 3.53. The predicted molar refractivity (Wildman–Crippen MR) is 87.4 cm³/mol. The highest BCUT2D eigenvalue weighted by atomic mass is 32.2. The SMILES string of the molecule is C[C@H](NC(=O)CN1CCSC[C@@H]1CCO)c1ccccc1. The molecule has 0 saturated carbocycles. The number of hydrogen-bond acceptors (Lipinski definition) is 4. The van der Waals surface area contributed by atoms with Gasteiger partial charge in [0.05, 0.1) is 12.6 Å². The van der Waals surface area contributed by atoms with Crippen molar-refractivity contribution in [1.29, 1.82) is 0 Å². The smallest absolute Gasteiger partial charge is 0.234 e. The Morgan fingerprint density at radius 2 is 2.24 bits per heavy atom. The first-order chi connectivity index (χ1) is 10.2. The van der Waals surface area contributed by atoms with Crippen LogP contribution >= 0.6 is 11.8 Å². The molecule has 21 heavy (non-hydrogen) atoms. The Kier molecular flexibility index (Phi) is 6.54. The van der Waals surface area contributed by atoms with E-state index in [0.29, 0.717) is 12.6 Å². The third kappa shape index (κ3) is 5.02. The molecule has 2 rings (SSSR count). The Hall–Kier alpha value is -1.04. The molecule has 0 radical (unpaired) electrons. The van der Waals surface area contributed by atoms with Gasteiger partial charge < -0.3 is 10.4 Å². The van der Waals surface area contributed by atoms with Gasteiger partial charge in [-0.2, -0.15) is 11.8 Å². The average molecular weight is 308 g/mol. The minimum absolute atomic E-state index is 0.0224. The number of nitrogens with zero attached hydrogens (tertiary/aromatic N) is 1. The highest BCUT2D eigenvalue weighted by Gasteiger charge is 2.24. The summed E-state index contributed by atoms with van der Waals surface area (Å²) in [4.78, 5) is 14.4. The van der Waals surface area contributed by atoms with Crippen LogP contribution in [0.15, 0.2) is 30.3 Å². The van der Waals surface area contributed by atoms with Gasteiger partial charge in [-0.05, 0) is 18.9 Å². The fraction of sp³-hybridized carbons (Fsp3) is 0.562. The average Bonchev–Trinajstić information content (AvgIpc) is 2.50. The predicted octanol–water partition coefficient (Wildman–Crippen LogP) is 1.66. The van der Waals surface area contributed by atoms with Gasteiger partial charge in [0.1, 0.15) is 0 Å². The molecule has 1 saturated heterocycles. The van der Waals surface area contributed by atoms with Crippen LogP contribution in [0.25, 0.3) is 0 Å². The van der Waals surface area contributed by atoms with E-state index in [0.717, 1.165) is 30.0 Å². The van der Waals surface area contributed by atoms with Gasteiger partial charge in [0.2, 0.25) is 5.91 Å². The molecule has 2 N–H and O–H groups in total. The van der Waals surface area contributed by atoms with Crippen LogP contribution in [-0.4, -0.2) is 53.2 Å². The summed E-state index contributed by atoms with van der Waals surface area (Å²) in [6.07, 6.45) is 0.745. The first-order valence-corrected chi connectivity index (χ1v) is 8.63. The third-order valence-electron chi connectivity index (χ3n) is 3.84. The van der Waals surface area contributed by atoms with Crippen molar-refractivity contribution in [2.75, 3.05) is 31.2 Å². The van der Waals surface area contributed by atoms with Gasteiger partial charge in [-0.15, -0.1) is 0 Å². The Morgan fingerprint density at radius 3 is 2.95 bits per heavy atom. The third-order valence-corrected chi connectivity index (χ3v) is 4.93. The minimum Gasteiger partial charge on any atom is -0.396 e. The maximum Gasteiger partial charge on any atom is 0.234 e. The zero-order chi connectivity index (χ0) is 15.1. The molecule has 1 aromatic carbocycles. The fourth-order valence-electron chi connectivity index (χ4n) is 2.61. The lowest BCUT2D eigenvalue weighted by Crippen LogP contribution is -2.48. The number of amides is 1. The topological polar surface area (TPSA) is 52.6 Å². The van der Waals surface area contributed by atoms with E-state index in [-0.39, 0.29) is 18.6 Å². The first kappa shape index (κ1) is 16.3. The van der Waals surface area contributed by atoms with Crippen molar-refractivity contribution < 1.29 is 9.90 Å². The summed E-state index contributed by atoms with van der Waals surface area (Å²) < 4.78 is 0. The molecule has 4 nitrogen and oxygen atoms in total. The number of rotatable bonds is 6. The fourth-order valence-corrected chi connectivity index (χ4v) is 3.79. The summed E-state index contributed by atoms with van der Waals surface area (Å²) >= 11 is 1.90. The number of benzene rings is 1. The van der Waals surface area contributed by atoms with Crippen molar-refractivity contribution in [1.82, 2.24) is 10.2 Å². The normalized spacial score (nSPS) is 21.0. The van der Waals surface area contributed by atoms with Gasteiger partial charge in [-0.1, -0.05) is 30.3 Å². The van der Waals surface area contributed by atoms with Crippen molar-refractivity contribution in [3.05, 3.63) is 35.9 Å². The highest BCUT2D eigenvalue weighted by Crippen LogP contribution is 2.18. The number of carbonyl (C=O) groups is 1. The molecule has 1 fully saturated rings. The second-order valence-electron chi connectivity index (χ2n) is 5.41. The Bertz CT molecular complexity index is 439. The molecule has 1 aliphatic rings. The summed E-state index contributed by atoms with van der Waals surface area (Å²) in [5.74, 6) is 2.12. The Labute approximate surface area is 130 Å². The molecular weight excluding hydrogens is 284 g/mol. The molecule has 0 unspecified atom stereocenters. The molecule has 0 bridgehead atoms. The molecule has 1 amide bonds. The summed E-state index contributed by atoms with van der Waals surface area (Å²) in [5, 5.41) is 12.2. The largest absolute Gasteiger partial charge is 0.396 e. The molecule has 0 aromatic heterocycles. The van der Waals surface area contributed by atoms with Gasteiger partial charge in [0, 0.05) is 30.7 Å². The van der Waals surface area contributed by atoms with E-state index in [1.807, 2.05) is 49.0 Å². The summed E-state index contributed by atoms with van der Waals surface area (Å²) in [7, 11) is 0. The second kappa shape index (κ2) is 8.41. The van der Waals surface area contributed by atoms with Crippen LogP contribution in [-0.2, 0) is 4.79 Å². The molecule has 116 valence electrons. The van der Waals surface area contributed by atoms with Crippen LogP contribution in [0, 0.1) is 0 Å². The Balaban J connectivity index is 1.85. The molecule has 2 atom stereocenters. The minimum atomic E-state index is 0.0224. The second-order valence-corrected chi connectivity index (χ2v) is 6.56. The summed E-state index contributed by atoms with van der Waals surface area (Å²) in [5.41, 5.74) is 1.12. The number of nitrogens with one attached hydrogen (secondary N) is 1. The van der Waals surface area contributed by atoms with E-state index in [2.05, 4.69) is 10.2 Å². The van der Waals surface area contributed by atoms with Crippen LogP contribution in [0.4, 0.5) is 0 Å². The van der Waals surface area contributed by atoms with Gasteiger partial charge in [0.25, 0.3) is 0 Å². The van der Waals surface area contributed by atoms with Crippen molar-refractivity contribution in [3.8, 4) is 0 Å². The summed E-state index contributed by atoms with van der Waals surface area (Å²) in [6, 6.07) is 10.3. The van der Waals surface area contributed by atoms with E-state index >= 15 is 0 Å². The maximum atomic E-state index is 12.2. The van der Waals surface area contributed by atoms with E-state index in [1.165, 1.54) is 0 Å².